The van der Waals surface area contributed by atoms with Gasteiger partial charge in [-0.1, -0.05) is 6.58 Å². The number of alkyl halides is 8. The third kappa shape index (κ3) is 3.47. The van der Waals surface area contributed by atoms with Crippen LogP contribution in [0.5, 0.6) is 0 Å². The van der Waals surface area contributed by atoms with E-state index in [0.29, 0.717) is 6.20 Å². The van der Waals surface area contributed by atoms with Crippen LogP contribution in [-0.2, 0) is 4.74 Å². The fourth-order valence-corrected chi connectivity index (χ4v) is 0.753. The second-order valence-electron chi connectivity index (χ2n) is 3.13. The minimum atomic E-state index is -6.40. The van der Waals surface area contributed by atoms with Gasteiger partial charge in [0.15, 0.2) is 6.61 Å². The Balaban J connectivity index is 4.97. The van der Waals surface area contributed by atoms with E-state index in [1.165, 1.54) is 5.32 Å². The van der Waals surface area contributed by atoms with Crippen LogP contribution in [0.1, 0.15) is 0 Å². The lowest BCUT2D eigenvalue weighted by Gasteiger charge is -2.31. The van der Waals surface area contributed by atoms with E-state index in [0.717, 1.165) is 0 Å². The molecule has 3 nitrogen and oxygen atoms in total. The number of hydrogen-bond donors (Lipinski definition) is 1. The Morgan fingerprint density at radius 3 is 2.05 bits per heavy atom. The third-order valence-corrected chi connectivity index (χ3v) is 1.76. The third-order valence-electron chi connectivity index (χ3n) is 1.76. The highest BCUT2D eigenvalue weighted by molar-refractivity contribution is 5.68. The first-order chi connectivity index (χ1) is 8.40. The largest absolute Gasteiger partial charge is 0.443 e. The molecular weight excluding hydrogens is 294 g/mol. The Hall–Kier alpha value is -1.55. The first kappa shape index (κ1) is 17.4. The maximum Gasteiger partial charge on any atom is 0.411 e. The van der Waals surface area contributed by atoms with Gasteiger partial charge in [-0.15, -0.1) is 0 Å². The summed E-state index contributed by atoms with van der Waals surface area (Å²) in [6.07, 6.45) is -6.08. The molecule has 19 heavy (non-hydrogen) atoms. The summed E-state index contributed by atoms with van der Waals surface area (Å²) in [4.78, 5) is 10.5. The number of rotatable bonds is 6. The lowest BCUT2D eigenvalue weighted by Crippen LogP contribution is -2.59. The normalized spacial score (nSPS) is 13.3. The summed E-state index contributed by atoms with van der Waals surface area (Å²) < 4.78 is 102. The molecule has 0 atom stereocenters. The van der Waals surface area contributed by atoms with Gasteiger partial charge >= 0.3 is 30.3 Å². The van der Waals surface area contributed by atoms with Gasteiger partial charge in [0.2, 0.25) is 0 Å². The molecular formula is C8H7F8NO2. The van der Waals surface area contributed by atoms with E-state index in [2.05, 4.69) is 11.3 Å². The smallest absolute Gasteiger partial charge is 0.411 e. The van der Waals surface area contributed by atoms with Gasteiger partial charge in [-0.3, -0.25) is 5.32 Å². The van der Waals surface area contributed by atoms with Crippen LogP contribution in [-0.4, -0.2) is 36.9 Å². The van der Waals surface area contributed by atoms with Gasteiger partial charge in [0.05, 0.1) is 0 Å². The molecule has 0 aromatic carbocycles. The average Bonchev–Trinajstić information content (AvgIpc) is 2.26. The van der Waals surface area contributed by atoms with Crippen molar-refractivity contribution >= 4 is 6.09 Å². The molecule has 112 valence electrons. The predicted octanol–water partition coefficient (Wildman–Crippen LogP) is 3.03. The minimum Gasteiger partial charge on any atom is -0.443 e. The molecule has 0 saturated heterocycles. The zero-order chi connectivity index (χ0) is 15.5. The molecule has 0 aromatic rings. The molecule has 0 aromatic heterocycles. The number of nitrogens with one attached hydrogen (secondary N) is 1. The summed E-state index contributed by atoms with van der Waals surface area (Å²) in [6.45, 7) is 0.378. The molecule has 1 amide bonds. The molecule has 0 aliphatic carbocycles. The van der Waals surface area contributed by atoms with Crippen LogP contribution in [0.2, 0.25) is 0 Å². The Morgan fingerprint density at radius 1 is 1.21 bits per heavy atom. The Labute approximate surface area is 101 Å². The van der Waals surface area contributed by atoms with Gasteiger partial charge < -0.3 is 4.74 Å². The van der Waals surface area contributed by atoms with E-state index < -0.39 is 36.9 Å². The highest BCUT2D eigenvalue weighted by Gasteiger charge is 2.75. The van der Waals surface area contributed by atoms with E-state index in [-0.39, 0.29) is 0 Å². The topological polar surface area (TPSA) is 38.3 Å². The van der Waals surface area contributed by atoms with Gasteiger partial charge in [-0.25, -0.2) is 13.6 Å². The van der Waals surface area contributed by atoms with Crippen molar-refractivity contribution in [1.29, 1.82) is 0 Å². The zero-order valence-electron chi connectivity index (χ0n) is 8.91. The second-order valence-corrected chi connectivity index (χ2v) is 3.13. The van der Waals surface area contributed by atoms with Gasteiger partial charge in [0, 0.05) is 0 Å². The van der Waals surface area contributed by atoms with E-state index in [1.807, 2.05) is 0 Å². The van der Waals surface area contributed by atoms with Gasteiger partial charge in [-0.2, -0.15) is 26.3 Å². The molecule has 0 aliphatic rings. The molecule has 0 rings (SSSR count). The Morgan fingerprint density at radius 2 is 1.68 bits per heavy atom. The maximum absolute atomic E-state index is 12.8. The summed E-state index contributed by atoms with van der Waals surface area (Å²) in [5, 5.41) is 1.52. The van der Waals surface area contributed by atoms with Crippen molar-refractivity contribution in [1.82, 2.24) is 5.32 Å². The molecule has 0 bridgehead atoms. The highest BCUT2D eigenvalue weighted by Crippen LogP contribution is 2.48. The lowest BCUT2D eigenvalue weighted by atomic mass is 10.1. The van der Waals surface area contributed by atoms with E-state index >= 15 is 0 Å². The minimum absolute atomic E-state index is 0.631. The number of amides is 1. The Kier molecular flexibility index (Phi) is 5.15. The standard InChI is InChI=1S/C8H7F8NO2/c1-2-17-5(18)19-3-6(11,12)8(15,16)7(13,14)4(9)10/h2,4H,1,3H2,(H,17,18). The van der Waals surface area contributed by atoms with Crippen molar-refractivity contribution in [3.63, 3.8) is 0 Å². The fraction of sp³-hybridized carbons (Fsp3) is 0.625. The van der Waals surface area contributed by atoms with Crippen molar-refractivity contribution < 1.29 is 44.7 Å². The molecule has 11 heteroatoms. The Bertz CT molecular complexity index is 344. The van der Waals surface area contributed by atoms with Crippen LogP contribution in [0.15, 0.2) is 12.8 Å². The first-order valence-electron chi connectivity index (χ1n) is 4.36. The highest BCUT2D eigenvalue weighted by atomic mass is 19.4. The van der Waals surface area contributed by atoms with Gasteiger partial charge in [0.1, 0.15) is 0 Å². The number of halogens is 8. The van der Waals surface area contributed by atoms with E-state index in [4.69, 9.17) is 0 Å². The quantitative estimate of drug-likeness (QED) is 0.766. The summed E-state index contributed by atoms with van der Waals surface area (Å²) in [6, 6.07) is 0. The summed E-state index contributed by atoms with van der Waals surface area (Å²) in [7, 11) is 0. The number of ether oxygens (including phenoxy) is 1. The van der Waals surface area contributed by atoms with Crippen molar-refractivity contribution in [3.8, 4) is 0 Å². The number of alkyl carbamates (subject to hydrolysis) is 1. The van der Waals surface area contributed by atoms with Crippen molar-refractivity contribution in [2.45, 2.75) is 24.2 Å². The van der Waals surface area contributed by atoms with E-state index in [1.54, 1.807) is 0 Å². The van der Waals surface area contributed by atoms with Crippen LogP contribution in [0.3, 0.4) is 0 Å². The molecule has 0 fully saturated rings. The molecule has 0 heterocycles. The van der Waals surface area contributed by atoms with Crippen molar-refractivity contribution in [3.05, 3.63) is 12.8 Å². The first-order valence-corrected chi connectivity index (χ1v) is 4.36. The number of hydrogen-bond acceptors (Lipinski definition) is 2. The number of carbonyl (C=O) groups is 1. The number of carbonyl (C=O) groups excluding carboxylic acids is 1. The molecule has 1 N–H and O–H groups in total. The molecule has 0 spiro atoms. The average molecular weight is 301 g/mol. The van der Waals surface area contributed by atoms with Crippen LogP contribution in [0.25, 0.3) is 0 Å². The summed E-state index contributed by atoms with van der Waals surface area (Å²) in [5.74, 6) is -18.4. The van der Waals surface area contributed by atoms with Crippen LogP contribution in [0.4, 0.5) is 39.9 Å². The summed E-state index contributed by atoms with van der Waals surface area (Å²) in [5.41, 5.74) is 0. The molecule has 0 unspecified atom stereocenters. The zero-order valence-corrected chi connectivity index (χ0v) is 8.91. The van der Waals surface area contributed by atoms with E-state index in [9.17, 15) is 39.9 Å². The van der Waals surface area contributed by atoms with Gasteiger partial charge in [0.25, 0.3) is 0 Å². The van der Waals surface area contributed by atoms with Crippen LogP contribution in [0, 0.1) is 0 Å². The monoisotopic (exact) mass is 301 g/mol. The maximum atomic E-state index is 12.8. The molecule has 0 saturated carbocycles. The fourth-order valence-electron chi connectivity index (χ4n) is 0.753. The van der Waals surface area contributed by atoms with Crippen molar-refractivity contribution in [2.75, 3.05) is 6.61 Å². The molecule has 0 aliphatic heterocycles. The van der Waals surface area contributed by atoms with Crippen LogP contribution >= 0.6 is 0 Å². The SMILES string of the molecule is C=CNC(=O)OCC(F)(F)C(F)(F)C(F)(F)C(F)F. The lowest BCUT2D eigenvalue weighted by molar-refractivity contribution is -0.343. The van der Waals surface area contributed by atoms with Crippen molar-refractivity contribution in [2.24, 2.45) is 0 Å². The van der Waals surface area contributed by atoms with Crippen LogP contribution < -0.4 is 5.32 Å². The van der Waals surface area contributed by atoms with Gasteiger partial charge in [-0.05, 0) is 6.20 Å². The second kappa shape index (κ2) is 5.61. The predicted molar refractivity (Wildman–Crippen MR) is 45.5 cm³/mol. The molecule has 0 radical (unpaired) electrons. The summed E-state index contributed by atoms with van der Waals surface area (Å²) >= 11 is 0.